The smallest absolute Gasteiger partial charge is 0.252 e. The minimum atomic E-state index is -0.116. The van der Waals surface area contributed by atoms with Crippen LogP contribution in [0.3, 0.4) is 0 Å². The fourth-order valence-corrected chi connectivity index (χ4v) is 1.89. The van der Waals surface area contributed by atoms with Crippen LogP contribution in [0.5, 0.6) is 5.75 Å². The third-order valence-electron chi connectivity index (χ3n) is 3.16. The normalized spacial score (nSPS) is 16.6. The summed E-state index contributed by atoms with van der Waals surface area (Å²) in [6.07, 6.45) is 0. The van der Waals surface area contributed by atoms with Gasteiger partial charge in [0.05, 0.1) is 5.60 Å². The molecule has 0 aliphatic carbocycles. The third kappa shape index (κ3) is 3.15. The van der Waals surface area contributed by atoms with Crippen LogP contribution < -0.4 is 10.1 Å². The second-order valence-electron chi connectivity index (χ2n) is 5.05. The van der Waals surface area contributed by atoms with Gasteiger partial charge in [0.2, 0.25) is 5.82 Å². The molecule has 0 atom stereocenters. The minimum Gasteiger partial charge on any atom is -0.485 e. The molecular weight excluding hydrogens is 258 g/mol. The zero-order valence-corrected chi connectivity index (χ0v) is 11.3. The molecule has 3 rings (SSSR count). The van der Waals surface area contributed by atoms with E-state index in [2.05, 4.69) is 22.4 Å². The van der Waals surface area contributed by atoms with Gasteiger partial charge in [-0.15, -0.1) is 0 Å². The zero-order valence-electron chi connectivity index (χ0n) is 11.3. The van der Waals surface area contributed by atoms with E-state index < -0.39 is 0 Å². The van der Waals surface area contributed by atoms with Crippen molar-refractivity contribution in [2.24, 2.45) is 0 Å². The highest BCUT2D eigenvalue weighted by Crippen LogP contribution is 2.17. The molecule has 0 unspecified atom stereocenters. The van der Waals surface area contributed by atoms with Gasteiger partial charge in [0.25, 0.3) is 5.89 Å². The SMILES string of the molecule is CC1(OCc2nc(COc3ccccc3)no2)CNC1. The molecule has 0 bridgehead atoms. The fourth-order valence-electron chi connectivity index (χ4n) is 1.89. The summed E-state index contributed by atoms with van der Waals surface area (Å²) < 4.78 is 16.4. The summed E-state index contributed by atoms with van der Waals surface area (Å²) in [5.74, 6) is 1.78. The highest BCUT2D eigenvalue weighted by molar-refractivity contribution is 5.20. The zero-order chi connectivity index (χ0) is 13.8. The lowest BCUT2D eigenvalue weighted by molar-refractivity contribution is -0.0841. The summed E-state index contributed by atoms with van der Waals surface area (Å²) in [4.78, 5) is 4.24. The number of hydrogen-bond acceptors (Lipinski definition) is 6. The van der Waals surface area contributed by atoms with Crippen LogP contribution in [0.25, 0.3) is 0 Å². The van der Waals surface area contributed by atoms with Crippen molar-refractivity contribution in [3.63, 3.8) is 0 Å². The van der Waals surface area contributed by atoms with Crippen molar-refractivity contribution in [3.05, 3.63) is 42.0 Å². The lowest BCUT2D eigenvalue weighted by Gasteiger charge is -2.38. The molecule has 1 fully saturated rings. The average Bonchev–Trinajstić information content (AvgIpc) is 2.90. The molecule has 1 aliphatic heterocycles. The molecule has 0 spiro atoms. The highest BCUT2D eigenvalue weighted by atomic mass is 16.5. The Morgan fingerprint density at radius 3 is 2.75 bits per heavy atom. The van der Waals surface area contributed by atoms with Gasteiger partial charge < -0.3 is 19.3 Å². The van der Waals surface area contributed by atoms with E-state index in [1.807, 2.05) is 30.3 Å². The number of nitrogens with one attached hydrogen (secondary N) is 1. The molecule has 106 valence electrons. The summed E-state index contributed by atoms with van der Waals surface area (Å²) in [6.45, 7) is 4.37. The Morgan fingerprint density at radius 1 is 1.25 bits per heavy atom. The van der Waals surface area contributed by atoms with Gasteiger partial charge in [-0.1, -0.05) is 23.4 Å². The quantitative estimate of drug-likeness (QED) is 0.862. The number of hydrogen-bond donors (Lipinski definition) is 1. The first-order chi connectivity index (χ1) is 9.73. The number of rotatable bonds is 6. The second-order valence-corrected chi connectivity index (χ2v) is 5.05. The molecule has 1 aromatic carbocycles. The Bertz CT molecular complexity index is 552. The Balaban J connectivity index is 1.49. The number of aromatic nitrogens is 2. The summed E-state index contributed by atoms with van der Waals surface area (Å²) in [5.41, 5.74) is -0.116. The Hall–Kier alpha value is -1.92. The number of benzene rings is 1. The van der Waals surface area contributed by atoms with E-state index in [9.17, 15) is 0 Å². The van der Waals surface area contributed by atoms with Crippen LogP contribution in [-0.2, 0) is 18.0 Å². The summed E-state index contributed by atoms with van der Waals surface area (Å²) in [7, 11) is 0. The molecule has 1 aromatic heterocycles. The van der Waals surface area contributed by atoms with Crippen LogP contribution in [0.2, 0.25) is 0 Å². The van der Waals surface area contributed by atoms with Gasteiger partial charge in [-0.05, 0) is 19.1 Å². The van der Waals surface area contributed by atoms with Crippen molar-refractivity contribution < 1.29 is 14.0 Å². The molecule has 1 aliphatic rings. The number of para-hydroxylation sites is 1. The van der Waals surface area contributed by atoms with Crippen LogP contribution in [0.15, 0.2) is 34.9 Å². The molecule has 1 N–H and O–H groups in total. The number of ether oxygens (including phenoxy) is 2. The summed E-state index contributed by atoms with van der Waals surface area (Å²) in [5, 5.41) is 7.04. The Labute approximate surface area is 117 Å². The standard InChI is InChI=1S/C14H17N3O3/c1-14(9-15-10-14)19-8-13-16-12(17-20-13)7-18-11-5-3-2-4-6-11/h2-6,15H,7-10H2,1H3. The first kappa shape index (κ1) is 13.1. The van der Waals surface area contributed by atoms with E-state index in [-0.39, 0.29) is 12.2 Å². The Morgan fingerprint density at radius 2 is 2.05 bits per heavy atom. The maximum atomic E-state index is 5.73. The molecule has 0 radical (unpaired) electrons. The maximum Gasteiger partial charge on any atom is 0.252 e. The van der Waals surface area contributed by atoms with Gasteiger partial charge in [-0.2, -0.15) is 4.98 Å². The lowest BCUT2D eigenvalue weighted by atomic mass is 10.0. The van der Waals surface area contributed by atoms with Gasteiger partial charge in [0, 0.05) is 13.1 Å². The third-order valence-corrected chi connectivity index (χ3v) is 3.16. The molecule has 20 heavy (non-hydrogen) atoms. The molecule has 0 saturated carbocycles. The maximum absolute atomic E-state index is 5.73. The van der Waals surface area contributed by atoms with Crippen LogP contribution in [0.1, 0.15) is 18.6 Å². The lowest BCUT2D eigenvalue weighted by Crippen LogP contribution is -2.58. The average molecular weight is 275 g/mol. The van der Waals surface area contributed by atoms with Crippen LogP contribution in [-0.4, -0.2) is 28.8 Å². The van der Waals surface area contributed by atoms with E-state index in [0.29, 0.717) is 18.3 Å². The monoisotopic (exact) mass is 275 g/mol. The topological polar surface area (TPSA) is 69.4 Å². The largest absolute Gasteiger partial charge is 0.485 e. The summed E-state index contributed by atoms with van der Waals surface area (Å²) in [6, 6.07) is 9.53. The van der Waals surface area contributed by atoms with E-state index in [4.69, 9.17) is 14.0 Å². The predicted molar refractivity (Wildman–Crippen MR) is 71.1 cm³/mol. The van der Waals surface area contributed by atoms with Crippen molar-refractivity contribution in [1.29, 1.82) is 0 Å². The van der Waals surface area contributed by atoms with E-state index in [1.165, 1.54) is 0 Å². The molecule has 2 heterocycles. The van der Waals surface area contributed by atoms with Crippen molar-refractivity contribution >= 4 is 0 Å². The van der Waals surface area contributed by atoms with Gasteiger partial charge in [-0.25, -0.2) is 0 Å². The van der Waals surface area contributed by atoms with Crippen LogP contribution in [0, 0.1) is 0 Å². The molecule has 6 nitrogen and oxygen atoms in total. The van der Waals surface area contributed by atoms with Gasteiger partial charge >= 0.3 is 0 Å². The van der Waals surface area contributed by atoms with Gasteiger partial charge in [0.15, 0.2) is 6.61 Å². The highest BCUT2D eigenvalue weighted by Gasteiger charge is 2.32. The van der Waals surface area contributed by atoms with Gasteiger partial charge in [0.1, 0.15) is 12.4 Å². The van der Waals surface area contributed by atoms with Crippen molar-refractivity contribution in [1.82, 2.24) is 15.5 Å². The molecule has 2 aromatic rings. The predicted octanol–water partition coefficient (Wildman–Crippen LogP) is 1.53. The number of nitrogens with zero attached hydrogens (tertiary/aromatic N) is 2. The van der Waals surface area contributed by atoms with E-state index in [0.717, 1.165) is 18.8 Å². The second kappa shape index (κ2) is 5.60. The fraction of sp³-hybridized carbons (Fsp3) is 0.429. The minimum absolute atomic E-state index is 0.116. The first-order valence-electron chi connectivity index (χ1n) is 6.58. The molecule has 1 saturated heterocycles. The van der Waals surface area contributed by atoms with Crippen LogP contribution in [0.4, 0.5) is 0 Å². The molecule has 0 amide bonds. The van der Waals surface area contributed by atoms with Crippen molar-refractivity contribution in [2.75, 3.05) is 13.1 Å². The van der Waals surface area contributed by atoms with E-state index >= 15 is 0 Å². The molecule has 6 heteroatoms. The Kier molecular flexibility index (Phi) is 3.66. The van der Waals surface area contributed by atoms with Crippen LogP contribution >= 0.6 is 0 Å². The van der Waals surface area contributed by atoms with Crippen molar-refractivity contribution in [2.45, 2.75) is 25.7 Å². The van der Waals surface area contributed by atoms with Crippen molar-refractivity contribution in [3.8, 4) is 5.75 Å². The summed E-state index contributed by atoms with van der Waals surface area (Å²) >= 11 is 0. The van der Waals surface area contributed by atoms with E-state index in [1.54, 1.807) is 0 Å². The first-order valence-corrected chi connectivity index (χ1v) is 6.58. The molecular formula is C14H17N3O3. The van der Waals surface area contributed by atoms with Gasteiger partial charge in [-0.3, -0.25) is 0 Å².